The van der Waals surface area contributed by atoms with Gasteiger partial charge in [-0.05, 0) is 17.2 Å². The van der Waals surface area contributed by atoms with Gasteiger partial charge in [-0.3, -0.25) is 9.78 Å². The van der Waals surface area contributed by atoms with Gasteiger partial charge in [0.05, 0.1) is 11.1 Å². The van der Waals surface area contributed by atoms with Crippen molar-refractivity contribution in [1.29, 1.82) is 0 Å². The lowest BCUT2D eigenvalue weighted by Gasteiger charge is -2.10. The normalized spacial score (nSPS) is 9.90. The van der Waals surface area contributed by atoms with Gasteiger partial charge in [0.2, 0.25) is 0 Å². The van der Waals surface area contributed by atoms with Gasteiger partial charge in [0, 0.05) is 0 Å². The van der Waals surface area contributed by atoms with Gasteiger partial charge in [-0.25, -0.2) is 9.59 Å². The van der Waals surface area contributed by atoms with Gasteiger partial charge in [0.25, 0.3) is 0 Å². The molecule has 0 saturated carbocycles. The monoisotopic (exact) mass is 274 g/mol. The minimum atomic E-state index is -1.12. The lowest BCUT2D eigenvalue weighted by atomic mass is 9.95. The first kappa shape index (κ1) is 13.7. The van der Waals surface area contributed by atoms with E-state index in [1.54, 1.807) is 36.4 Å². The third-order valence-corrected chi connectivity index (χ3v) is 2.74. The van der Waals surface area contributed by atoms with Crippen LogP contribution < -0.4 is 0 Å². The van der Waals surface area contributed by atoms with E-state index in [-0.39, 0.29) is 11.1 Å². The van der Waals surface area contributed by atoms with E-state index in [1.165, 1.54) is 12.1 Å². The number of hydrogen-bond donors (Lipinski definition) is 2. The van der Waals surface area contributed by atoms with E-state index in [9.17, 15) is 9.59 Å². The Bertz CT molecular complexity index is 635. The minimum Gasteiger partial charge on any atom is -0.295 e. The molecule has 6 nitrogen and oxygen atoms in total. The van der Waals surface area contributed by atoms with E-state index in [0.717, 1.165) is 0 Å². The second kappa shape index (κ2) is 5.96. The third-order valence-electron chi connectivity index (χ3n) is 2.74. The predicted octanol–water partition coefficient (Wildman–Crippen LogP) is 2.61. The van der Waals surface area contributed by atoms with Crippen LogP contribution in [0.5, 0.6) is 0 Å². The summed E-state index contributed by atoms with van der Waals surface area (Å²) in [5.41, 5.74) is 0.598. The van der Waals surface area contributed by atoms with Crippen molar-refractivity contribution in [1.82, 2.24) is 0 Å². The van der Waals surface area contributed by atoms with E-state index in [0.29, 0.717) is 11.1 Å². The Kier molecular flexibility index (Phi) is 4.09. The molecule has 2 rings (SSSR count). The van der Waals surface area contributed by atoms with Crippen LogP contribution in [0.2, 0.25) is 0 Å². The van der Waals surface area contributed by atoms with E-state index in [1.807, 2.05) is 0 Å². The van der Waals surface area contributed by atoms with Crippen LogP contribution in [-0.4, -0.2) is 22.5 Å². The summed E-state index contributed by atoms with van der Waals surface area (Å²) in [5.74, 6) is -2.24. The van der Waals surface area contributed by atoms with Crippen LogP contribution in [0.3, 0.4) is 0 Å². The summed E-state index contributed by atoms with van der Waals surface area (Å²) in [6.07, 6.45) is 0. The Labute approximate surface area is 113 Å². The van der Waals surface area contributed by atoms with Crippen molar-refractivity contribution in [2.75, 3.05) is 0 Å². The van der Waals surface area contributed by atoms with Crippen LogP contribution in [0.25, 0.3) is 11.1 Å². The molecule has 0 spiro atoms. The zero-order valence-electron chi connectivity index (χ0n) is 10.1. The maximum Gasteiger partial charge on any atom is 0.374 e. The zero-order valence-corrected chi connectivity index (χ0v) is 10.1. The van der Waals surface area contributed by atoms with Gasteiger partial charge >= 0.3 is 11.9 Å². The van der Waals surface area contributed by atoms with Crippen molar-refractivity contribution < 1.29 is 29.9 Å². The second-order valence-corrected chi connectivity index (χ2v) is 3.85. The molecule has 0 fully saturated rings. The molecular weight excluding hydrogens is 264 g/mol. The van der Waals surface area contributed by atoms with E-state index in [2.05, 4.69) is 9.78 Å². The Morgan fingerprint density at radius 2 is 1.45 bits per heavy atom. The molecule has 0 heterocycles. The molecule has 6 heteroatoms. The van der Waals surface area contributed by atoms with Gasteiger partial charge in [-0.2, -0.15) is 10.5 Å². The third kappa shape index (κ3) is 2.51. The Balaban J connectivity index is 2.69. The maximum atomic E-state index is 11.7. The van der Waals surface area contributed by atoms with Crippen molar-refractivity contribution in [3.05, 3.63) is 59.7 Å². The average Bonchev–Trinajstić information content (AvgIpc) is 2.53. The first-order valence-corrected chi connectivity index (χ1v) is 5.59. The van der Waals surface area contributed by atoms with Crippen LogP contribution in [0.4, 0.5) is 0 Å². The molecule has 0 unspecified atom stereocenters. The molecule has 0 atom stereocenters. The Hall–Kier alpha value is -2.70. The minimum absolute atomic E-state index is 0.194. The standard InChI is InChI=1S/C14H10O6/c15-13(19-17)11-8-4-7-10(12(11)14(16)20-18)9-5-2-1-3-6-9/h1-8,17-18H. The first-order chi connectivity index (χ1) is 9.69. The number of benzene rings is 2. The summed E-state index contributed by atoms with van der Waals surface area (Å²) >= 11 is 0. The van der Waals surface area contributed by atoms with Crippen molar-refractivity contribution in [3.63, 3.8) is 0 Å². The highest BCUT2D eigenvalue weighted by atomic mass is 17.1. The number of hydrogen-bond acceptors (Lipinski definition) is 6. The lowest BCUT2D eigenvalue weighted by Crippen LogP contribution is -2.13. The predicted molar refractivity (Wildman–Crippen MR) is 68.0 cm³/mol. The van der Waals surface area contributed by atoms with Crippen molar-refractivity contribution in [2.45, 2.75) is 0 Å². The molecule has 0 aliphatic rings. The summed E-state index contributed by atoms with van der Waals surface area (Å²) in [4.78, 5) is 30.5. The van der Waals surface area contributed by atoms with Crippen LogP contribution in [-0.2, 0) is 9.78 Å². The van der Waals surface area contributed by atoms with Gasteiger partial charge in [-0.15, -0.1) is 0 Å². The van der Waals surface area contributed by atoms with Crippen molar-refractivity contribution in [2.24, 2.45) is 0 Å². The van der Waals surface area contributed by atoms with E-state index < -0.39 is 11.9 Å². The number of rotatable bonds is 3. The van der Waals surface area contributed by atoms with Gasteiger partial charge in [0.15, 0.2) is 0 Å². The molecule has 0 aliphatic heterocycles. The van der Waals surface area contributed by atoms with E-state index in [4.69, 9.17) is 10.5 Å². The van der Waals surface area contributed by atoms with Crippen molar-refractivity contribution in [3.8, 4) is 11.1 Å². The van der Waals surface area contributed by atoms with E-state index >= 15 is 0 Å². The average molecular weight is 274 g/mol. The summed E-state index contributed by atoms with van der Waals surface area (Å²) in [6, 6.07) is 13.1. The second-order valence-electron chi connectivity index (χ2n) is 3.85. The fourth-order valence-electron chi connectivity index (χ4n) is 1.90. The van der Waals surface area contributed by atoms with Gasteiger partial charge < -0.3 is 0 Å². The quantitative estimate of drug-likeness (QED) is 0.660. The highest BCUT2D eigenvalue weighted by Crippen LogP contribution is 2.27. The van der Waals surface area contributed by atoms with Gasteiger partial charge in [-0.1, -0.05) is 42.5 Å². The molecular formula is C14H10O6. The molecule has 2 N–H and O–H groups in total. The number of carbonyl (C=O) groups is 2. The molecule has 0 aliphatic carbocycles. The summed E-state index contributed by atoms with van der Waals surface area (Å²) in [6.45, 7) is 0. The SMILES string of the molecule is O=C(OO)c1cccc(-c2ccccc2)c1C(=O)OO. The Morgan fingerprint density at radius 1 is 0.800 bits per heavy atom. The highest BCUT2D eigenvalue weighted by molar-refractivity contribution is 6.07. The van der Waals surface area contributed by atoms with Crippen LogP contribution in [0.15, 0.2) is 48.5 Å². The van der Waals surface area contributed by atoms with Gasteiger partial charge in [0.1, 0.15) is 0 Å². The number of carbonyl (C=O) groups excluding carboxylic acids is 2. The fourth-order valence-corrected chi connectivity index (χ4v) is 1.90. The molecule has 2 aromatic carbocycles. The maximum absolute atomic E-state index is 11.7. The topological polar surface area (TPSA) is 93.1 Å². The molecule has 2 aromatic rings. The van der Waals surface area contributed by atoms with Crippen LogP contribution in [0.1, 0.15) is 20.7 Å². The molecule has 0 saturated heterocycles. The smallest absolute Gasteiger partial charge is 0.295 e. The molecule has 0 amide bonds. The van der Waals surface area contributed by atoms with Crippen LogP contribution >= 0.6 is 0 Å². The lowest BCUT2D eigenvalue weighted by molar-refractivity contribution is -0.185. The molecule has 0 radical (unpaired) electrons. The largest absolute Gasteiger partial charge is 0.374 e. The molecule has 20 heavy (non-hydrogen) atoms. The van der Waals surface area contributed by atoms with Crippen molar-refractivity contribution >= 4 is 11.9 Å². The fraction of sp³-hybridized carbons (Fsp3) is 0. The molecule has 0 aromatic heterocycles. The Morgan fingerprint density at radius 3 is 2.05 bits per heavy atom. The summed E-state index contributed by atoms with van der Waals surface area (Å²) in [7, 11) is 0. The summed E-state index contributed by atoms with van der Waals surface area (Å²) < 4.78 is 0. The van der Waals surface area contributed by atoms with Crippen LogP contribution in [0, 0.1) is 0 Å². The molecule has 102 valence electrons. The molecule has 0 bridgehead atoms. The first-order valence-electron chi connectivity index (χ1n) is 5.59. The zero-order chi connectivity index (χ0) is 14.5. The summed E-state index contributed by atoms with van der Waals surface area (Å²) in [5, 5.41) is 17.0. The highest BCUT2D eigenvalue weighted by Gasteiger charge is 2.24.